The minimum absolute atomic E-state index is 0.603. The first-order chi connectivity index (χ1) is 13.7. The molecule has 0 N–H and O–H groups in total. The molecule has 2 aromatic heterocycles. The lowest BCUT2D eigenvalue weighted by atomic mass is 9.92. The van der Waals surface area contributed by atoms with E-state index in [1.54, 1.807) is 0 Å². The Hall–Kier alpha value is -1.97. The van der Waals surface area contributed by atoms with E-state index in [-0.39, 0.29) is 0 Å². The van der Waals surface area contributed by atoms with Crippen LogP contribution in [0, 0.1) is 0 Å². The predicted octanol–water partition coefficient (Wildman–Crippen LogP) is 8.28. The number of hydrogen-bond acceptors (Lipinski definition) is 2. The van der Waals surface area contributed by atoms with Crippen LogP contribution in [0.4, 0.5) is 4.39 Å². The van der Waals surface area contributed by atoms with Gasteiger partial charge >= 0.3 is 0 Å². The summed E-state index contributed by atoms with van der Waals surface area (Å²) in [6.45, 7) is 4.40. The summed E-state index contributed by atoms with van der Waals surface area (Å²) in [6.07, 6.45) is 2.50. The molecule has 0 saturated carbocycles. The number of rotatable bonds is 4. The molecule has 2 heterocycles. The van der Waals surface area contributed by atoms with Crippen molar-refractivity contribution in [2.24, 2.45) is 0 Å². The van der Waals surface area contributed by atoms with Gasteiger partial charge in [-0.05, 0) is 54.5 Å². The first-order valence-corrected chi connectivity index (χ1v) is 11.7. The number of alkyl halides is 1. The fourth-order valence-corrected chi connectivity index (χ4v) is 6.95. The summed E-state index contributed by atoms with van der Waals surface area (Å²) in [4.78, 5) is 2.70. The maximum absolute atomic E-state index is 15.4. The van der Waals surface area contributed by atoms with Gasteiger partial charge in [-0.3, -0.25) is 0 Å². The number of hydrogen-bond donors (Lipinski definition) is 0. The van der Waals surface area contributed by atoms with E-state index in [9.17, 15) is 0 Å². The van der Waals surface area contributed by atoms with E-state index in [0.717, 1.165) is 24.8 Å². The van der Waals surface area contributed by atoms with Crippen LogP contribution in [-0.4, -0.2) is 6.17 Å². The van der Waals surface area contributed by atoms with E-state index in [2.05, 4.69) is 62.4 Å². The minimum Gasteiger partial charge on any atom is -0.242 e. The molecule has 2 aromatic carbocycles. The summed E-state index contributed by atoms with van der Waals surface area (Å²) < 4.78 is 18.0. The summed E-state index contributed by atoms with van der Waals surface area (Å²) in [5.41, 5.74) is 4.71. The van der Waals surface area contributed by atoms with Gasteiger partial charge in [0.05, 0.1) is 0 Å². The van der Waals surface area contributed by atoms with Crippen molar-refractivity contribution in [3.8, 4) is 0 Å². The molecule has 4 aromatic rings. The van der Waals surface area contributed by atoms with Crippen LogP contribution in [0.2, 0.25) is 0 Å². The molecule has 28 heavy (non-hydrogen) atoms. The minimum atomic E-state index is -0.873. The Bertz CT molecular complexity index is 1210. The molecule has 0 amide bonds. The SMILES string of the molecule is CCc1sc2ccccc2c1C1=C(c2c(CC)sc3ccccc23)C(F)CC1. The van der Waals surface area contributed by atoms with Crippen LogP contribution in [0.1, 0.15) is 47.6 Å². The van der Waals surface area contributed by atoms with Crippen LogP contribution in [0.15, 0.2) is 48.5 Å². The Balaban J connectivity index is 1.86. The van der Waals surface area contributed by atoms with Crippen molar-refractivity contribution < 1.29 is 4.39 Å². The Morgan fingerprint density at radius 2 is 1.36 bits per heavy atom. The Morgan fingerprint density at radius 1 is 0.821 bits per heavy atom. The largest absolute Gasteiger partial charge is 0.242 e. The fraction of sp³-hybridized carbons (Fsp3) is 0.280. The zero-order chi connectivity index (χ0) is 19.3. The van der Waals surface area contributed by atoms with Gasteiger partial charge in [-0.1, -0.05) is 50.2 Å². The Labute approximate surface area is 173 Å². The second kappa shape index (κ2) is 7.13. The smallest absolute Gasteiger partial charge is 0.126 e. The predicted molar refractivity (Wildman–Crippen MR) is 123 cm³/mol. The van der Waals surface area contributed by atoms with Crippen LogP contribution in [0.5, 0.6) is 0 Å². The third-order valence-electron chi connectivity index (χ3n) is 5.84. The first-order valence-electron chi connectivity index (χ1n) is 10.1. The number of halogens is 1. The molecule has 0 spiro atoms. The molecule has 0 bridgehead atoms. The molecule has 1 atom stereocenters. The molecule has 1 unspecified atom stereocenters. The molecule has 0 saturated heterocycles. The molecule has 1 aliphatic rings. The second-order valence-electron chi connectivity index (χ2n) is 7.40. The number of benzene rings is 2. The second-order valence-corrected chi connectivity index (χ2v) is 9.67. The number of fused-ring (bicyclic) bond motifs is 2. The molecular formula is C25H23FS2. The van der Waals surface area contributed by atoms with Crippen LogP contribution in [0.25, 0.3) is 31.3 Å². The lowest BCUT2D eigenvalue weighted by Crippen LogP contribution is -2.00. The maximum Gasteiger partial charge on any atom is 0.126 e. The van der Waals surface area contributed by atoms with Gasteiger partial charge in [-0.25, -0.2) is 4.39 Å². The van der Waals surface area contributed by atoms with Gasteiger partial charge in [0.25, 0.3) is 0 Å². The summed E-state index contributed by atoms with van der Waals surface area (Å²) >= 11 is 3.70. The average molecular weight is 407 g/mol. The topological polar surface area (TPSA) is 0 Å². The molecule has 0 nitrogen and oxygen atoms in total. The van der Waals surface area contributed by atoms with Gasteiger partial charge in [0.15, 0.2) is 0 Å². The van der Waals surface area contributed by atoms with E-state index < -0.39 is 6.17 Å². The highest BCUT2D eigenvalue weighted by Gasteiger charge is 2.32. The highest BCUT2D eigenvalue weighted by atomic mass is 32.1. The molecule has 0 aliphatic heterocycles. The van der Waals surface area contributed by atoms with Gasteiger partial charge in [0.2, 0.25) is 0 Å². The Kier molecular flexibility index (Phi) is 4.60. The van der Waals surface area contributed by atoms with Crippen LogP contribution >= 0.6 is 22.7 Å². The third-order valence-corrected chi connectivity index (χ3v) is 8.47. The van der Waals surface area contributed by atoms with E-state index >= 15 is 4.39 Å². The summed E-state index contributed by atoms with van der Waals surface area (Å²) in [7, 11) is 0. The highest BCUT2D eigenvalue weighted by molar-refractivity contribution is 7.19. The Morgan fingerprint density at radius 3 is 1.96 bits per heavy atom. The third kappa shape index (κ3) is 2.67. The van der Waals surface area contributed by atoms with E-state index in [0.29, 0.717) is 6.42 Å². The fourth-order valence-electron chi connectivity index (χ4n) is 4.62. The van der Waals surface area contributed by atoms with Crippen molar-refractivity contribution >= 4 is 54.0 Å². The first kappa shape index (κ1) is 18.1. The van der Waals surface area contributed by atoms with Crippen LogP contribution < -0.4 is 0 Å². The molecule has 0 fully saturated rings. The zero-order valence-electron chi connectivity index (χ0n) is 16.2. The van der Waals surface area contributed by atoms with Gasteiger partial charge in [-0.2, -0.15) is 0 Å². The number of allylic oxidation sites excluding steroid dienone is 2. The zero-order valence-corrected chi connectivity index (χ0v) is 17.9. The number of thiophene rings is 2. The summed E-state index contributed by atoms with van der Waals surface area (Å²) in [5.74, 6) is 0. The monoisotopic (exact) mass is 406 g/mol. The normalized spacial score (nSPS) is 17.3. The van der Waals surface area contributed by atoms with Crippen molar-refractivity contribution in [2.75, 3.05) is 0 Å². The molecular weight excluding hydrogens is 383 g/mol. The lowest BCUT2D eigenvalue weighted by Gasteiger charge is -2.13. The van der Waals surface area contributed by atoms with E-state index in [4.69, 9.17) is 0 Å². The van der Waals surface area contributed by atoms with Crippen molar-refractivity contribution in [1.82, 2.24) is 0 Å². The lowest BCUT2D eigenvalue weighted by molar-refractivity contribution is 0.406. The molecule has 3 heteroatoms. The van der Waals surface area contributed by atoms with Crippen LogP contribution in [-0.2, 0) is 12.8 Å². The van der Waals surface area contributed by atoms with Crippen molar-refractivity contribution in [3.63, 3.8) is 0 Å². The van der Waals surface area contributed by atoms with Crippen molar-refractivity contribution in [1.29, 1.82) is 0 Å². The average Bonchev–Trinajstić information content (AvgIpc) is 3.39. The maximum atomic E-state index is 15.4. The van der Waals surface area contributed by atoms with Gasteiger partial charge in [-0.15, -0.1) is 22.7 Å². The van der Waals surface area contributed by atoms with Gasteiger partial charge in [0.1, 0.15) is 6.17 Å². The van der Waals surface area contributed by atoms with Gasteiger partial charge in [0, 0.05) is 35.5 Å². The highest BCUT2D eigenvalue weighted by Crippen LogP contribution is 2.50. The quantitative estimate of drug-likeness (QED) is 0.320. The van der Waals surface area contributed by atoms with Gasteiger partial charge < -0.3 is 0 Å². The standard InChI is InChI=1S/C25H23FS2/c1-3-19-23(15-9-5-7-11-21(15)27-19)17-13-14-18(26)24(17)25-16-10-6-8-12-22(16)28-20(25)4-2/h5-12,18H,3-4,13-14H2,1-2H3. The molecule has 1 aliphatic carbocycles. The van der Waals surface area contributed by atoms with Crippen molar-refractivity contribution in [3.05, 3.63) is 69.4 Å². The van der Waals surface area contributed by atoms with E-state index in [1.807, 2.05) is 22.7 Å². The molecule has 5 rings (SSSR count). The summed E-state index contributed by atoms with van der Waals surface area (Å²) in [5, 5.41) is 2.52. The van der Waals surface area contributed by atoms with Crippen LogP contribution in [0.3, 0.4) is 0 Å². The molecule has 142 valence electrons. The summed E-state index contributed by atoms with van der Waals surface area (Å²) in [6, 6.07) is 17.1. The van der Waals surface area contributed by atoms with E-state index in [1.165, 1.54) is 46.6 Å². The van der Waals surface area contributed by atoms with Crippen molar-refractivity contribution in [2.45, 2.75) is 45.7 Å². The molecule has 0 radical (unpaired) electrons. The number of aryl methyl sites for hydroxylation is 2.